The molecule has 5 nitrogen and oxygen atoms in total. The van der Waals surface area contributed by atoms with E-state index in [0.717, 1.165) is 16.9 Å². The van der Waals surface area contributed by atoms with Crippen LogP contribution in [0.5, 0.6) is 5.75 Å². The zero-order valence-corrected chi connectivity index (χ0v) is 14.6. The summed E-state index contributed by atoms with van der Waals surface area (Å²) < 4.78 is 10.7. The topological polar surface area (TPSA) is 55.6 Å². The van der Waals surface area contributed by atoms with Gasteiger partial charge in [-0.05, 0) is 17.7 Å². The van der Waals surface area contributed by atoms with Gasteiger partial charge in [0.2, 0.25) is 5.76 Å². The first-order valence-electron chi connectivity index (χ1n) is 8.27. The average Bonchev–Trinajstić information content (AvgIpc) is 3.17. The van der Waals surface area contributed by atoms with E-state index in [1.54, 1.807) is 24.1 Å². The number of ether oxygens (including phenoxy) is 1. The largest absolute Gasteiger partial charge is 0.490 e. The Kier molecular flexibility index (Phi) is 5.49. The number of benzene rings is 2. The third kappa shape index (κ3) is 4.19. The standard InChI is InChI=1S/C21H20N2O3/c1-3-13-25-18-11-9-16(10-12-18)15-23(2)21(24)20-14-19(22-26-20)17-7-5-4-6-8-17/h3-12,14H,1,13,15H2,2H3. The van der Waals surface area contributed by atoms with Gasteiger partial charge in [0.25, 0.3) is 5.91 Å². The van der Waals surface area contributed by atoms with Gasteiger partial charge in [-0.3, -0.25) is 4.79 Å². The molecule has 5 heteroatoms. The fourth-order valence-corrected chi connectivity index (χ4v) is 2.50. The number of rotatable bonds is 7. The second kappa shape index (κ2) is 8.16. The predicted molar refractivity (Wildman–Crippen MR) is 99.9 cm³/mol. The molecule has 3 rings (SSSR count). The van der Waals surface area contributed by atoms with Crippen molar-refractivity contribution in [3.05, 3.63) is 84.6 Å². The third-order valence-corrected chi connectivity index (χ3v) is 3.85. The number of hydrogen-bond donors (Lipinski definition) is 0. The monoisotopic (exact) mass is 348 g/mol. The van der Waals surface area contributed by atoms with Crippen LogP contribution in [0.15, 0.2) is 77.8 Å². The van der Waals surface area contributed by atoms with Crippen LogP contribution in [0, 0.1) is 0 Å². The zero-order chi connectivity index (χ0) is 18.4. The van der Waals surface area contributed by atoms with Crippen LogP contribution in [0.1, 0.15) is 16.1 Å². The molecule has 26 heavy (non-hydrogen) atoms. The van der Waals surface area contributed by atoms with Gasteiger partial charge >= 0.3 is 0 Å². The van der Waals surface area contributed by atoms with E-state index in [2.05, 4.69) is 11.7 Å². The summed E-state index contributed by atoms with van der Waals surface area (Å²) in [5.74, 6) is 0.773. The maximum absolute atomic E-state index is 12.6. The highest BCUT2D eigenvalue weighted by Gasteiger charge is 2.18. The minimum atomic E-state index is -0.216. The van der Waals surface area contributed by atoms with Crippen LogP contribution in [-0.4, -0.2) is 29.6 Å². The summed E-state index contributed by atoms with van der Waals surface area (Å²) in [7, 11) is 1.73. The molecular formula is C21H20N2O3. The van der Waals surface area contributed by atoms with Crippen molar-refractivity contribution in [1.82, 2.24) is 10.1 Å². The SMILES string of the molecule is C=CCOc1ccc(CN(C)C(=O)c2cc(-c3ccccc3)no2)cc1. The average molecular weight is 348 g/mol. The maximum atomic E-state index is 12.6. The summed E-state index contributed by atoms with van der Waals surface area (Å²) in [5.41, 5.74) is 2.55. The first-order chi connectivity index (χ1) is 12.7. The van der Waals surface area contributed by atoms with Crippen molar-refractivity contribution in [1.29, 1.82) is 0 Å². The van der Waals surface area contributed by atoms with E-state index >= 15 is 0 Å². The molecule has 0 saturated carbocycles. The van der Waals surface area contributed by atoms with Crippen LogP contribution in [0.3, 0.4) is 0 Å². The molecule has 0 atom stereocenters. The van der Waals surface area contributed by atoms with E-state index in [1.165, 1.54) is 0 Å². The molecule has 0 aliphatic rings. The van der Waals surface area contributed by atoms with Crippen molar-refractivity contribution in [2.75, 3.05) is 13.7 Å². The van der Waals surface area contributed by atoms with Crippen LogP contribution in [0.4, 0.5) is 0 Å². The molecule has 0 unspecified atom stereocenters. The van der Waals surface area contributed by atoms with E-state index in [-0.39, 0.29) is 11.7 Å². The van der Waals surface area contributed by atoms with E-state index in [4.69, 9.17) is 9.26 Å². The van der Waals surface area contributed by atoms with Crippen LogP contribution in [-0.2, 0) is 6.54 Å². The summed E-state index contributed by atoms with van der Waals surface area (Å²) >= 11 is 0. The smallest absolute Gasteiger partial charge is 0.292 e. The Morgan fingerprint density at radius 2 is 1.92 bits per heavy atom. The highest BCUT2D eigenvalue weighted by Crippen LogP contribution is 2.20. The Hall–Kier alpha value is -3.34. The van der Waals surface area contributed by atoms with E-state index in [1.807, 2.05) is 54.6 Å². The highest BCUT2D eigenvalue weighted by atomic mass is 16.5. The number of carbonyl (C=O) groups is 1. The van der Waals surface area contributed by atoms with Crippen LogP contribution >= 0.6 is 0 Å². The summed E-state index contributed by atoms with van der Waals surface area (Å²) in [6.45, 7) is 4.54. The molecule has 132 valence electrons. The molecule has 1 amide bonds. The van der Waals surface area contributed by atoms with Crippen molar-refractivity contribution < 1.29 is 14.1 Å². The molecule has 0 aliphatic heterocycles. The molecule has 1 heterocycles. The van der Waals surface area contributed by atoms with Gasteiger partial charge in [0.1, 0.15) is 18.1 Å². The Morgan fingerprint density at radius 1 is 1.19 bits per heavy atom. The highest BCUT2D eigenvalue weighted by molar-refractivity contribution is 5.92. The molecule has 0 bridgehead atoms. The van der Waals surface area contributed by atoms with E-state index in [0.29, 0.717) is 18.8 Å². The minimum Gasteiger partial charge on any atom is -0.490 e. The normalized spacial score (nSPS) is 10.3. The van der Waals surface area contributed by atoms with Crippen molar-refractivity contribution >= 4 is 5.91 Å². The Labute approximate surface area is 152 Å². The Morgan fingerprint density at radius 3 is 2.62 bits per heavy atom. The van der Waals surface area contributed by atoms with Gasteiger partial charge < -0.3 is 14.2 Å². The van der Waals surface area contributed by atoms with Crippen molar-refractivity contribution in [3.8, 4) is 17.0 Å². The first kappa shape index (κ1) is 17.5. The summed E-state index contributed by atoms with van der Waals surface area (Å²) in [5, 5.41) is 3.99. The number of aromatic nitrogens is 1. The number of carbonyl (C=O) groups excluding carboxylic acids is 1. The summed E-state index contributed by atoms with van der Waals surface area (Å²) in [6, 6.07) is 18.9. The second-order valence-corrected chi connectivity index (χ2v) is 5.85. The van der Waals surface area contributed by atoms with E-state index in [9.17, 15) is 4.79 Å². The van der Waals surface area contributed by atoms with Crippen molar-refractivity contribution in [2.24, 2.45) is 0 Å². The van der Waals surface area contributed by atoms with Gasteiger partial charge in [-0.2, -0.15) is 0 Å². The van der Waals surface area contributed by atoms with E-state index < -0.39 is 0 Å². The first-order valence-corrected chi connectivity index (χ1v) is 8.27. The predicted octanol–water partition coefficient (Wildman–Crippen LogP) is 4.18. The van der Waals surface area contributed by atoms with Crippen LogP contribution < -0.4 is 4.74 Å². The molecule has 0 saturated heterocycles. The van der Waals surface area contributed by atoms with Gasteiger partial charge in [0.15, 0.2) is 0 Å². The zero-order valence-electron chi connectivity index (χ0n) is 14.6. The lowest BCUT2D eigenvalue weighted by atomic mass is 10.1. The van der Waals surface area contributed by atoms with Gasteiger partial charge in [-0.1, -0.05) is 60.3 Å². The molecule has 0 radical (unpaired) electrons. The second-order valence-electron chi connectivity index (χ2n) is 5.85. The molecular weight excluding hydrogens is 328 g/mol. The minimum absolute atomic E-state index is 0.216. The molecule has 0 N–H and O–H groups in total. The molecule has 2 aromatic carbocycles. The molecule has 3 aromatic rings. The fourth-order valence-electron chi connectivity index (χ4n) is 2.50. The maximum Gasteiger partial charge on any atom is 0.292 e. The van der Waals surface area contributed by atoms with Gasteiger partial charge in [-0.15, -0.1) is 0 Å². The molecule has 0 aliphatic carbocycles. The lowest BCUT2D eigenvalue weighted by molar-refractivity contribution is 0.0743. The summed E-state index contributed by atoms with van der Waals surface area (Å²) in [4.78, 5) is 14.2. The Bertz CT molecular complexity index is 870. The quantitative estimate of drug-likeness (QED) is 0.601. The number of amides is 1. The van der Waals surface area contributed by atoms with Crippen molar-refractivity contribution in [2.45, 2.75) is 6.54 Å². The fraction of sp³-hybridized carbons (Fsp3) is 0.143. The van der Waals surface area contributed by atoms with Gasteiger partial charge in [-0.25, -0.2) is 0 Å². The molecule has 0 spiro atoms. The van der Waals surface area contributed by atoms with Gasteiger partial charge in [0, 0.05) is 25.2 Å². The Balaban J connectivity index is 1.64. The number of hydrogen-bond acceptors (Lipinski definition) is 4. The molecule has 0 fully saturated rings. The lowest BCUT2D eigenvalue weighted by Crippen LogP contribution is -2.25. The van der Waals surface area contributed by atoms with Gasteiger partial charge in [0.05, 0.1) is 0 Å². The number of nitrogens with zero attached hydrogens (tertiary/aromatic N) is 2. The summed E-state index contributed by atoms with van der Waals surface area (Å²) in [6.07, 6.45) is 1.70. The third-order valence-electron chi connectivity index (χ3n) is 3.85. The lowest BCUT2D eigenvalue weighted by Gasteiger charge is -2.15. The van der Waals surface area contributed by atoms with Crippen LogP contribution in [0.25, 0.3) is 11.3 Å². The van der Waals surface area contributed by atoms with Crippen molar-refractivity contribution in [3.63, 3.8) is 0 Å². The molecule has 1 aromatic heterocycles. The van der Waals surface area contributed by atoms with Crippen LogP contribution in [0.2, 0.25) is 0 Å².